The van der Waals surface area contributed by atoms with Crippen LogP contribution in [0.25, 0.3) is 0 Å². The SMILES string of the molecule is Cc1cccc2c1NC(=O)C2NCC(C)(C)C. The van der Waals surface area contributed by atoms with Crippen molar-refractivity contribution < 1.29 is 4.79 Å². The average molecular weight is 232 g/mol. The van der Waals surface area contributed by atoms with Gasteiger partial charge in [-0.05, 0) is 17.9 Å². The van der Waals surface area contributed by atoms with E-state index in [9.17, 15) is 4.79 Å². The molecule has 1 amide bonds. The average Bonchev–Trinajstić information content (AvgIpc) is 2.52. The molecule has 2 N–H and O–H groups in total. The lowest BCUT2D eigenvalue weighted by Gasteiger charge is -2.21. The summed E-state index contributed by atoms with van der Waals surface area (Å²) in [6.45, 7) is 9.31. The van der Waals surface area contributed by atoms with Crippen molar-refractivity contribution in [3.63, 3.8) is 0 Å². The van der Waals surface area contributed by atoms with E-state index in [-0.39, 0.29) is 17.4 Å². The second-order valence-corrected chi connectivity index (χ2v) is 5.90. The summed E-state index contributed by atoms with van der Waals surface area (Å²) in [4.78, 5) is 11.9. The van der Waals surface area contributed by atoms with Gasteiger partial charge in [0.25, 0.3) is 0 Å². The van der Waals surface area contributed by atoms with Gasteiger partial charge in [0.15, 0.2) is 0 Å². The van der Waals surface area contributed by atoms with E-state index in [1.807, 2.05) is 25.1 Å². The van der Waals surface area contributed by atoms with E-state index < -0.39 is 0 Å². The highest BCUT2D eigenvalue weighted by Crippen LogP contribution is 2.33. The lowest BCUT2D eigenvalue weighted by Crippen LogP contribution is -2.34. The lowest BCUT2D eigenvalue weighted by atomic mass is 9.96. The molecule has 1 aliphatic rings. The van der Waals surface area contributed by atoms with Gasteiger partial charge >= 0.3 is 0 Å². The molecule has 3 heteroatoms. The second-order valence-electron chi connectivity index (χ2n) is 5.90. The molecule has 2 rings (SSSR count). The predicted octanol–water partition coefficient (Wildman–Crippen LogP) is 2.62. The minimum absolute atomic E-state index is 0.0542. The molecule has 0 saturated heterocycles. The van der Waals surface area contributed by atoms with Crippen LogP contribution in [0.2, 0.25) is 0 Å². The van der Waals surface area contributed by atoms with Gasteiger partial charge in [0.1, 0.15) is 6.04 Å². The highest BCUT2D eigenvalue weighted by Gasteiger charge is 2.31. The first-order chi connectivity index (χ1) is 7.88. The summed E-state index contributed by atoms with van der Waals surface area (Å²) in [6.07, 6.45) is 0. The summed E-state index contributed by atoms with van der Waals surface area (Å²) in [7, 11) is 0. The topological polar surface area (TPSA) is 41.1 Å². The number of carbonyl (C=O) groups is 1. The monoisotopic (exact) mass is 232 g/mol. The van der Waals surface area contributed by atoms with Gasteiger partial charge < -0.3 is 10.6 Å². The van der Waals surface area contributed by atoms with Crippen molar-refractivity contribution in [1.29, 1.82) is 0 Å². The Balaban J connectivity index is 2.21. The minimum atomic E-state index is -0.205. The lowest BCUT2D eigenvalue weighted by molar-refractivity contribution is -0.117. The van der Waals surface area contributed by atoms with E-state index in [2.05, 4.69) is 31.4 Å². The van der Waals surface area contributed by atoms with Crippen LogP contribution in [0.1, 0.15) is 37.9 Å². The van der Waals surface area contributed by atoms with Crippen molar-refractivity contribution in [2.75, 3.05) is 11.9 Å². The van der Waals surface area contributed by atoms with Gasteiger partial charge in [-0.1, -0.05) is 39.0 Å². The van der Waals surface area contributed by atoms with Crippen molar-refractivity contribution in [1.82, 2.24) is 5.32 Å². The first-order valence-corrected chi connectivity index (χ1v) is 6.02. The zero-order valence-corrected chi connectivity index (χ0v) is 10.9. The number of hydrogen-bond acceptors (Lipinski definition) is 2. The van der Waals surface area contributed by atoms with Gasteiger partial charge in [0, 0.05) is 17.8 Å². The maximum absolute atomic E-state index is 11.9. The third-order valence-corrected chi connectivity index (χ3v) is 2.96. The Bertz CT molecular complexity index is 446. The van der Waals surface area contributed by atoms with Crippen molar-refractivity contribution in [2.45, 2.75) is 33.7 Å². The molecule has 92 valence electrons. The van der Waals surface area contributed by atoms with Crippen LogP contribution in [-0.2, 0) is 4.79 Å². The Kier molecular flexibility index (Phi) is 2.96. The summed E-state index contributed by atoms with van der Waals surface area (Å²) in [5.74, 6) is 0.0542. The number of rotatable bonds is 2. The number of nitrogens with one attached hydrogen (secondary N) is 2. The molecule has 1 aromatic rings. The predicted molar refractivity (Wildman–Crippen MR) is 70.0 cm³/mol. The van der Waals surface area contributed by atoms with E-state index in [4.69, 9.17) is 0 Å². The summed E-state index contributed by atoms with van der Waals surface area (Å²) < 4.78 is 0. The molecule has 0 fully saturated rings. The maximum Gasteiger partial charge on any atom is 0.246 e. The number of hydrogen-bond donors (Lipinski definition) is 2. The number of amides is 1. The number of benzene rings is 1. The molecular formula is C14H20N2O. The molecule has 17 heavy (non-hydrogen) atoms. The van der Waals surface area contributed by atoms with Crippen LogP contribution >= 0.6 is 0 Å². The fraction of sp³-hybridized carbons (Fsp3) is 0.500. The first kappa shape index (κ1) is 12.1. The molecule has 1 heterocycles. The molecule has 3 nitrogen and oxygen atoms in total. The Morgan fingerprint density at radius 1 is 1.35 bits per heavy atom. The summed E-state index contributed by atoms with van der Waals surface area (Å²) in [5, 5.41) is 6.29. The van der Waals surface area contributed by atoms with E-state index in [0.717, 1.165) is 23.4 Å². The summed E-state index contributed by atoms with van der Waals surface area (Å²) in [6, 6.07) is 5.83. The van der Waals surface area contributed by atoms with Gasteiger partial charge in [-0.3, -0.25) is 4.79 Å². The fourth-order valence-corrected chi connectivity index (χ4v) is 2.05. The van der Waals surface area contributed by atoms with Crippen LogP contribution in [0, 0.1) is 12.3 Å². The third-order valence-electron chi connectivity index (χ3n) is 2.96. The molecule has 0 radical (unpaired) electrons. The number of fused-ring (bicyclic) bond motifs is 1. The van der Waals surface area contributed by atoms with Crippen LogP contribution in [0.4, 0.5) is 5.69 Å². The Labute approximate surface area is 103 Å². The zero-order valence-electron chi connectivity index (χ0n) is 10.9. The maximum atomic E-state index is 11.9. The van der Waals surface area contributed by atoms with Gasteiger partial charge in [-0.2, -0.15) is 0 Å². The van der Waals surface area contributed by atoms with Crippen LogP contribution < -0.4 is 10.6 Å². The normalized spacial score (nSPS) is 19.1. The van der Waals surface area contributed by atoms with Crippen LogP contribution in [-0.4, -0.2) is 12.5 Å². The second kappa shape index (κ2) is 4.15. The van der Waals surface area contributed by atoms with E-state index in [0.29, 0.717) is 0 Å². The van der Waals surface area contributed by atoms with E-state index in [1.165, 1.54) is 0 Å². The number of aryl methyl sites for hydroxylation is 1. The first-order valence-electron chi connectivity index (χ1n) is 6.02. The van der Waals surface area contributed by atoms with Gasteiger partial charge in [-0.15, -0.1) is 0 Å². The standard InChI is InChI=1S/C14H20N2O/c1-9-6-5-7-10-11(9)16-13(17)12(10)15-8-14(2,3)4/h5-7,12,15H,8H2,1-4H3,(H,16,17). The van der Waals surface area contributed by atoms with Crippen molar-refractivity contribution in [2.24, 2.45) is 5.41 Å². The van der Waals surface area contributed by atoms with E-state index >= 15 is 0 Å². The number of para-hydroxylation sites is 1. The fourth-order valence-electron chi connectivity index (χ4n) is 2.05. The van der Waals surface area contributed by atoms with Crippen LogP contribution in [0.3, 0.4) is 0 Å². The van der Waals surface area contributed by atoms with E-state index in [1.54, 1.807) is 0 Å². The quantitative estimate of drug-likeness (QED) is 0.823. The van der Waals surface area contributed by atoms with Crippen molar-refractivity contribution >= 4 is 11.6 Å². The van der Waals surface area contributed by atoms with Crippen molar-refractivity contribution in [3.05, 3.63) is 29.3 Å². The van der Waals surface area contributed by atoms with Crippen molar-refractivity contribution in [3.8, 4) is 0 Å². The van der Waals surface area contributed by atoms with Gasteiger partial charge in [-0.25, -0.2) is 0 Å². The molecule has 0 bridgehead atoms. The largest absolute Gasteiger partial charge is 0.324 e. The Morgan fingerprint density at radius 2 is 2.06 bits per heavy atom. The minimum Gasteiger partial charge on any atom is -0.324 e. The summed E-state index contributed by atoms with van der Waals surface area (Å²) >= 11 is 0. The third kappa shape index (κ3) is 2.50. The summed E-state index contributed by atoms with van der Waals surface area (Å²) in [5.41, 5.74) is 3.34. The van der Waals surface area contributed by atoms with Crippen LogP contribution in [0.15, 0.2) is 18.2 Å². The number of carbonyl (C=O) groups excluding carboxylic acids is 1. The Hall–Kier alpha value is -1.35. The molecule has 0 aromatic heterocycles. The molecule has 1 aromatic carbocycles. The van der Waals surface area contributed by atoms with Gasteiger partial charge in [0.2, 0.25) is 5.91 Å². The van der Waals surface area contributed by atoms with Gasteiger partial charge in [0.05, 0.1) is 0 Å². The molecule has 0 spiro atoms. The smallest absolute Gasteiger partial charge is 0.246 e. The number of anilines is 1. The van der Waals surface area contributed by atoms with Crippen LogP contribution in [0.5, 0.6) is 0 Å². The molecule has 0 saturated carbocycles. The zero-order chi connectivity index (χ0) is 12.6. The molecular weight excluding hydrogens is 212 g/mol. The Morgan fingerprint density at radius 3 is 2.71 bits per heavy atom. The highest BCUT2D eigenvalue weighted by molar-refractivity contribution is 6.03. The molecule has 1 unspecified atom stereocenters. The highest BCUT2D eigenvalue weighted by atomic mass is 16.2. The molecule has 1 aliphatic heterocycles. The molecule has 1 atom stereocenters. The molecule has 0 aliphatic carbocycles.